The van der Waals surface area contributed by atoms with E-state index in [0.29, 0.717) is 0 Å². The van der Waals surface area contributed by atoms with Crippen LogP contribution in [0.2, 0.25) is 0 Å². The molecule has 0 atom stereocenters. The molecule has 53 heavy (non-hydrogen) atoms. The third-order valence-electron chi connectivity index (χ3n) is 11.7. The molecule has 1 aliphatic rings. The van der Waals surface area contributed by atoms with Crippen molar-refractivity contribution in [1.29, 1.82) is 0 Å². The molecule has 0 aliphatic heterocycles. The molecule has 0 saturated carbocycles. The zero-order valence-corrected chi connectivity index (χ0v) is 29.7. The first-order chi connectivity index (χ1) is 26.1. The van der Waals surface area contributed by atoms with E-state index >= 15 is 0 Å². The minimum Gasteiger partial charge on any atom is -0.310 e. The van der Waals surface area contributed by atoms with E-state index in [-0.39, 0.29) is 5.41 Å². The smallest absolute Gasteiger partial charge is 0.0625 e. The maximum Gasteiger partial charge on any atom is 0.0625 e. The van der Waals surface area contributed by atoms with E-state index in [0.717, 1.165) is 17.1 Å². The van der Waals surface area contributed by atoms with E-state index in [1.165, 1.54) is 82.1 Å². The van der Waals surface area contributed by atoms with Gasteiger partial charge in [0.1, 0.15) is 0 Å². The van der Waals surface area contributed by atoms with Crippen LogP contribution in [0.4, 0.5) is 17.1 Å². The molecule has 1 aromatic heterocycles. The SMILES string of the molecule is CC1(C)c2cc(N(c3ccccc3)c3ccc4ccccc4c3)ccc2-c2ccc(-n3c4ccccc4c4c5ccccc5c5ccccc5c43)cc21. The summed E-state index contributed by atoms with van der Waals surface area (Å²) in [7, 11) is 0. The summed E-state index contributed by atoms with van der Waals surface area (Å²) in [5, 5.41) is 10.2. The molecule has 9 aromatic carbocycles. The second kappa shape index (κ2) is 11.2. The monoisotopic (exact) mass is 676 g/mol. The molecule has 0 N–H and O–H groups in total. The Morgan fingerprint density at radius 3 is 1.77 bits per heavy atom. The number of benzene rings is 9. The van der Waals surface area contributed by atoms with Crippen molar-refractivity contribution in [2.45, 2.75) is 19.3 Å². The number of hydrogen-bond donors (Lipinski definition) is 0. The van der Waals surface area contributed by atoms with Crippen LogP contribution in [-0.2, 0) is 5.41 Å². The van der Waals surface area contributed by atoms with Crippen molar-refractivity contribution in [3.05, 3.63) is 193 Å². The van der Waals surface area contributed by atoms with Gasteiger partial charge < -0.3 is 9.47 Å². The highest BCUT2D eigenvalue weighted by Gasteiger charge is 2.36. The number of hydrogen-bond acceptors (Lipinski definition) is 1. The van der Waals surface area contributed by atoms with Crippen LogP contribution >= 0.6 is 0 Å². The van der Waals surface area contributed by atoms with Crippen molar-refractivity contribution in [3.63, 3.8) is 0 Å². The number of anilines is 3. The summed E-state index contributed by atoms with van der Waals surface area (Å²) < 4.78 is 2.51. The second-order valence-corrected chi connectivity index (χ2v) is 15.0. The van der Waals surface area contributed by atoms with Crippen LogP contribution in [0.25, 0.3) is 70.9 Å². The minimum atomic E-state index is -0.212. The Bertz CT molecular complexity index is 3090. The summed E-state index contributed by atoms with van der Waals surface area (Å²) in [6.45, 7) is 4.78. The normalized spacial score (nSPS) is 13.2. The molecule has 1 heterocycles. The van der Waals surface area contributed by atoms with Crippen LogP contribution in [0.3, 0.4) is 0 Å². The lowest BCUT2D eigenvalue weighted by molar-refractivity contribution is 0.660. The third kappa shape index (κ3) is 4.33. The molecule has 0 fully saturated rings. The number of fused-ring (bicyclic) bond motifs is 12. The molecule has 11 rings (SSSR count). The topological polar surface area (TPSA) is 8.17 Å². The Kier molecular flexibility index (Phi) is 6.33. The summed E-state index contributed by atoms with van der Waals surface area (Å²) in [4.78, 5) is 2.39. The van der Waals surface area contributed by atoms with Crippen LogP contribution in [0.15, 0.2) is 182 Å². The van der Waals surface area contributed by atoms with Gasteiger partial charge in [-0.2, -0.15) is 0 Å². The van der Waals surface area contributed by atoms with E-state index in [1.807, 2.05) is 0 Å². The summed E-state index contributed by atoms with van der Waals surface area (Å²) >= 11 is 0. The lowest BCUT2D eigenvalue weighted by Crippen LogP contribution is -2.17. The van der Waals surface area contributed by atoms with Gasteiger partial charge in [-0.05, 0) is 104 Å². The third-order valence-corrected chi connectivity index (χ3v) is 11.7. The van der Waals surface area contributed by atoms with E-state index < -0.39 is 0 Å². The fourth-order valence-electron chi connectivity index (χ4n) is 9.23. The molecule has 0 unspecified atom stereocenters. The molecule has 0 amide bonds. The van der Waals surface area contributed by atoms with E-state index in [2.05, 4.69) is 205 Å². The fraction of sp³-hybridized carbons (Fsp3) is 0.0588. The van der Waals surface area contributed by atoms with Gasteiger partial charge in [-0.25, -0.2) is 0 Å². The zero-order chi connectivity index (χ0) is 35.3. The summed E-state index contributed by atoms with van der Waals surface area (Å²) in [5.41, 5.74) is 12.3. The van der Waals surface area contributed by atoms with Gasteiger partial charge in [0, 0.05) is 44.3 Å². The summed E-state index contributed by atoms with van der Waals surface area (Å²) in [6, 6.07) is 67.1. The summed E-state index contributed by atoms with van der Waals surface area (Å²) in [5.74, 6) is 0. The largest absolute Gasteiger partial charge is 0.310 e. The van der Waals surface area contributed by atoms with Crippen molar-refractivity contribution in [3.8, 4) is 16.8 Å². The van der Waals surface area contributed by atoms with Gasteiger partial charge in [-0.3, -0.25) is 0 Å². The maximum absolute atomic E-state index is 2.51. The van der Waals surface area contributed by atoms with Gasteiger partial charge >= 0.3 is 0 Å². The van der Waals surface area contributed by atoms with E-state index in [9.17, 15) is 0 Å². The minimum absolute atomic E-state index is 0.212. The highest BCUT2D eigenvalue weighted by Crippen LogP contribution is 2.52. The first kappa shape index (κ1) is 30.0. The van der Waals surface area contributed by atoms with Crippen molar-refractivity contribution < 1.29 is 0 Å². The molecule has 0 bridgehead atoms. The van der Waals surface area contributed by atoms with Crippen molar-refractivity contribution in [2.75, 3.05) is 4.90 Å². The first-order valence-electron chi connectivity index (χ1n) is 18.5. The molecule has 0 saturated heterocycles. The predicted octanol–water partition coefficient (Wildman–Crippen LogP) is 14.0. The Morgan fingerprint density at radius 1 is 0.415 bits per heavy atom. The summed E-state index contributed by atoms with van der Waals surface area (Å²) in [6.07, 6.45) is 0. The molecule has 1 aliphatic carbocycles. The first-order valence-corrected chi connectivity index (χ1v) is 18.5. The van der Waals surface area contributed by atoms with E-state index in [1.54, 1.807) is 0 Å². The van der Waals surface area contributed by atoms with E-state index in [4.69, 9.17) is 0 Å². The quantitative estimate of drug-likeness (QED) is 0.168. The molecule has 0 spiro atoms. The standard InChI is InChI=1S/C51H36N2/c1-51(2)46-31-37(52(35-16-4-3-5-17-35)36-25-24-33-14-6-7-15-34(33)30-36)26-28-41(46)42-29-27-38(32-47(42)51)53-48-23-13-12-22-45(48)49-43-20-10-8-18-39(43)40-19-9-11-21-44(40)50(49)53/h3-32H,1-2H3. The van der Waals surface area contributed by atoms with Crippen molar-refractivity contribution in [1.82, 2.24) is 4.57 Å². The number of rotatable bonds is 4. The van der Waals surface area contributed by atoms with Crippen molar-refractivity contribution >= 4 is 71.2 Å². The Morgan fingerprint density at radius 2 is 0.981 bits per heavy atom. The lowest BCUT2D eigenvalue weighted by atomic mass is 9.82. The van der Waals surface area contributed by atoms with Gasteiger partial charge in [0.15, 0.2) is 0 Å². The highest BCUT2D eigenvalue weighted by molar-refractivity contribution is 6.32. The van der Waals surface area contributed by atoms with Gasteiger partial charge in [-0.15, -0.1) is 0 Å². The predicted molar refractivity (Wildman–Crippen MR) is 226 cm³/mol. The molecular formula is C51H36N2. The average Bonchev–Trinajstić information content (AvgIpc) is 3.67. The van der Waals surface area contributed by atoms with Crippen LogP contribution in [0.5, 0.6) is 0 Å². The fourth-order valence-corrected chi connectivity index (χ4v) is 9.23. The second-order valence-electron chi connectivity index (χ2n) is 15.0. The van der Waals surface area contributed by atoms with Crippen LogP contribution in [0.1, 0.15) is 25.0 Å². The number of para-hydroxylation sites is 2. The molecule has 2 heteroatoms. The molecule has 250 valence electrons. The van der Waals surface area contributed by atoms with Gasteiger partial charge in [-0.1, -0.05) is 141 Å². The highest BCUT2D eigenvalue weighted by atomic mass is 15.1. The Labute approximate surface area is 308 Å². The molecule has 2 nitrogen and oxygen atoms in total. The van der Waals surface area contributed by atoms with Gasteiger partial charge in [0.2, 0.25) is 0 Å². The van der Waals surface area contributed by atoms with Gasteiger partial charge in [0.05, 0.1) is 11.0 Å². The molecule has 0 radical (unpaired) electrons. The van der Waals surface area contributed by atoms with Gasteiger partial charge in [0.25, 0.3) is 0 Å². The number of nitrogens with zero attached hydrogens (tertiary/aromatic N) is 2. The maximum atomic E-state index is 2.51. The molecular weight excluding hydrogens is 641 g/mol. The lowest BCUT2D eigenvalue weighted by Gasteiger charge is -2.28. The zero-order valence-electron chi connectivity index (χ0n) is 29.7. The molecule has 10 aromatic rings. The Hall–Kier alpha value is -6.64. The van der Waals surface area contributed by atoms with Crippen LogP contribution in [0, 0.1) is 0 Å². The number of aromatic nitrogens is 1. The average molecular weight is 677 g/mol. The van der Waals surface area contributed by atoms with Crippen LogP contribution in [-0.4, -0.2) is 4.57 Å². The van der Waals surface area contributed by atoms with Crippen LogP contribution < -0.4 is 4.90 Å². The Balaban J connectivity index is 1.10. The van der Waals surface area contributed by atoms with Crippen molar-refractivity contribution in [2.24, 2.45) is 0 Å².